The second kappa shape index (κ2) is 9.22. The Morgan fingerprint density at radius 2 is 1.91 bits per heavy atom. The lowest BCUT2D eigenvalue weighted by Gasteiger charge is -2.13. The van der Waals surface area contributed by atoms with Crippen LogP contribution in [0, 0.1) is 5.82 Å². The molecule has 0 unspecified atom stereocenters. The Hall–Kier alpha value is -3.67. The first kappa shape index (κ1) is 21.6. The third-order valence-electron chi connectivity index (χ3n) is 5.19. The monoisotopic (exact) mass is 443 g/mol. The first-order valence-corrected chi connectivity index (χ1v) is 10.3. The van der Waals surface area contributed by atoms with Gasteiger partial charge in [0.05, 0.1) is 5.69 Å². The van der Waals surface area contributed by atoms with E-state index in [0.717, 1.165) is 41.7 Å². The van der Waals surface area contributed by atoms with Crippen molar-refractivity contribution in [1.82, 2.24) is 34.7 Å². The van der Waals surface area contributed by atoms with E-state index >= 15 is 0 Å². The molecule has 0 saturated carbocycles. The predicted octanol–water partition coefficient (Wildman–Crippen LogP) is 0.429. The number of carbonyl (C=O) groups excluding carboxylic acids is 1. The van der Waals surface area contributed by atoms with E-state index in [-0.39, 0.29) is 29.6 Å². The molecule has 11 nitrogen and oxygen atoms in total. The van der Waals surface area contributed by atoms with Crippen LogP contribution in [0.3, 0.4) is 0 Å². The highest BCUT2D eigenvalue weighted by Gasteiger charge is 2.22. The molecule has 4 rings (SSSR count). The minimum Gasteiger partial charge on any atom is -0.347 e. The molecule has 168 valence electrons. The number of aromatic nitrogens is 5. The Kier molecular flexibility index (Phi) is 6.21. The van der Waals surface area contributed by atoms with Gasteiger partial charge in [0.25, 0.3) is 5.56 Å². The van der Waals surface area contributed by atoms with Gasteiger partial charge >= 0.3 is 17.5 Å². The van der Waals surface area contributed by atoms with E-state index in [4.69, 9.17) is 4.52 Å². The summed E-state index contributed by atoms with van der Waals surface area (Å²) in [6.07, 6.45) is 2.31. The number of halogens is 1. The second-order valence-electron chi connectivity index (χ2n) is 7.30. The number of rotatable bonds is 7. The van der Waals surface area contributed by atoms with Gasteiger partial charge in [-0.3, -0.25) is 14.2 Å². The van der Waals surface area contributed by atoms with Crippen LogP contribution in [-0.4, -0.2) is 61.5 Å². The fraction of sp³-hybridized carbons (Fsp3) is 0.400. The maximum absolute atomic E-state index is 13.3. The van der Waals surface area contributed by atoms with Gasteiger partial charge in [-0.15, -0.1) is 0 Å². The minimum absolute atomic E-state index is 0.0656. The van der Waals surface area contributed by atoms with Gasteiger partial charge in [-0.05, 0) is 57.1 Å². The zero-order chi connectivity index (χ0) is 22.7. The van der Waals surface area contributed by atoms with Crippen LogP contribution in [0.15, 0.2) is 38.4 Å². The van der Waals surface area contributed by atoms with Crippen molar-refractivity contribution < 1.29 is 13.7 Å². The summed E-state index contributed by atoms with van der Waals surface area (Å²) >= 11 is 0. The molecule has 1 saturated heterocycles. The smallest absolute Gasteiger partial charge is 0.347 e. The molecule has 3 aromatic rings. The van der Waals surface area contributed by atoms with Crippen molar-refractivity contribution >= 4 is 5.91 Å². The number of carbonyl (C=O) groups is 1. The fourth-order valence-electron chi connectivity index (χ4n) is 3.51. The van der Waals surface area contributed by atoms with E-state index in [2.05, 4.69) is 25.5 Å². The number of amides is 1. The Morgan fingerprint density at radius 1 is 1.19 bits per heavy atom. The summed E-state index contributed by atoms with van der Waals surface area (Å²) in [6.45, 7) is 4.86. The summed E-state index contributed by atoms with van der Waals surface area (Å²) in [5.74, 6) is -1.59. The molecule has 1 aromatic carbocycles. The van der Waals surface area contributed by atoms with E-state index < -0.39 is 23.0 Å². The highest BCUT2D eigenvalue weighted by molar-refractivity contribution is 5.89. The molecule has 0 aliphatic carbocycles. The molecule has 32 heavy (non-hydrogen) atoms. The lowest BCUT2D eigenvalue weighted by molar-refractivity contribution is 0.0906. The normalized spacial score (nSPS) is 14.1. The van der Waals surface area contributed by atoms with Gasteiger partial charge in [-0.25, -0.2) is 9.18 Å². The SMILES string of the molecule is CCn1c(=O)c(-c2noc(C(=O)NCCN3CCCC3)n2)nn(-c2ccc(F)cc2)c1=O. The maximum atomic E-state index is 13.3. The van der Waals surface area contributed by atoms with E-state index in [1.165, 1.54) is 24.3 Å². The standard InChI is InChI=1S/C20H22FN7O4/c1-2-27-19(30)15(24-28(20(27)31)14-7-5-13(21)6-8-14)16-23-18(32-25-16)17(29)22-9-12-26-10-3-4-11-26/h5-8H,2-4,9-12H2,1H3,(H,22,29). The van der Waals surface area contributed by atoms with Gasteiger partial charge in [0, 0.05) is 19.6 Å². The summed E-state index contributed by atoms with van der Waals surface area (Å²) in [4.78, 5) is 44.0. The van der Waals surface area contributed by atoms with Crippen molar-refractivity contribution in [3.63, 3.8) is 0 Å². The summed E-state index contributed by atoms with van der Waals surface area (Å²) in [5, 5.41) is 10.5. The maximum Gasteiger partial charge on any atom is 0.352 e. The molecule has 12 heteroatoms. The van der Waals surface area contributed by atoms with Crippen molar-refractivity contribution in [1.29, 1.82) is 0 Å². The van der Waals surface area contributed by atoms with E-state index in [1.807, 2.05) is 0 Å². The average molecular weight is 443 g/mol. The van der Waals surface area contributed by atoms with Gasteiger partial charge in [0.15, 0.2) is 5.69 Å². The number of nitrogens with one attached hydrogen (secondary N) is 1. The van der Waals surface area contributed by atoms with Gasteiger partial charge in [-0.2, -0.15) is 14.8 Å². The highest BCUT2D eigenvalue weighted by atomic mass is 19.1. The molecular formula is C20H22FN7O4. The van der Waals surface area contributed by atoms with E-state index in [0.29, 0.717) is 6.54 Å². The van der Waals surface area contributed by atoms with Crippen molar-refractivity contribution in [2.24, 2.45) is 0 Å². The molecule has 0 radical (unpaired) electrons. The molecule has 3 heterocycles. The summed E-state index contributed by atoms with van der Waals surface area (Å²) in [5.41, 5.74) is -1.44. The van der Waals surface area contributed by atoms with Crippen LogP contribution >= 0.6 is 0 Å². The van der Waals surface area contributed by atoms with Crippen molar-refractivity contribution in [2.75, 3.05) is 26.2 Å². The second-order valence-corrected chi connectivity index (χ2v) is 7.30. The molecule has 2 aromatic heterocycles. The van der Waals surface area contributed by atoms with Gasteiger partial charge < -0.3 is 14.7 Å². The van der Waals surface area contributed by atoms with Crippen LogP contribution < -0.4 is 16.6 Å². The van der Waals surface area contributed by atoms with Crippen LogP contribution in [-0.2, 0) is 6.54 Å². The highest BCUT2D eigenvalue weighted by Crippen LogP contribution is 2.11. The molecule has 1 N–H and O–H groups in total. The Morgan fingerprint density at radius 3 is 2.59 bits per heavy atom. The topological polar surface area (TPSA) is 128 Å². The fourth-order valence-corrected chi connectivity index (χ4v) is 3.51. The number of hydrogen-bond donors (Lipinski definition) is 1. The largest absolute Gasteiger partial charge is 0.352 e. The molecule has 1 aliphatic rings. The quantitative estimate of drug-likeness (QED) is 0.557. The average Bonchev–Trinajstić information content (AvgIpc) is 3.47. The molecule has 1 aliphatic heterocycles. The summed E-state index contributed by atoms with van der Waals surface area (Å²) < 4.78 is 20.2. The van der Waals surface area contributed by atoms with Crippen molar-refractivity contribution in [3.8, 4) is 17.2 Å². The first-order chi connectivity index (χ1) is 15.5. The Bertz CT molecular complexity index is 1230. The van der Waals surface area contributed by atoms with Gasteiger partial charge in [0.2, 0.25) is 5.82 Å². The summed E-state index contributed by atoms with van der Waals surface area (Å²) in [7, 11) is 0. The molecular weight excluding hydrogens is 421 g/mol. The third kappa shape index (κ3) is 4.35. The van der Waals surface area contributed by atoms with Gasteiger partial charge in [0.1, 0.15) is 5.82 Å². The van der Waals surface area contributed by atoms with Crippen LogP contribution in [0.2, 0.25) is 0 Å². The van der Waals surface area contributed by atoms with Crippen molar-refractivity contribution in [2.45, 2.75) is 26.3 Å². The molecule has 1 amide bonds. The molecule has 0 spiro atoms. The van der Waals surface area contributed by atoms with Gasteiger partial charge in [-0.1, -0.05) is 5.16 Å². The zero-order valence-corrected chi connectivity index (χ0v) is 17.5. The predicted molar refractivity (Wildman–Crippen MR) is 111 cm³/mol. The Balaban J connectivity index is 1.60. The Labute approximate surface area is 181 Å². The molecule has 0 bridgehead atoms. The number of benzene rings is 1. The van der Waals surface area contributed by atoms with E-state index in [9.17, 15) is 18.8 Å². The molecule has 1 fully saturated rings. The third-order valence-corrected chi connectivity index (χ3v) is 5.19. The van der Waals surface area contributed by atoms with Crippen LogP contribution in [0.25, 0.3) is 17.2 Å². The number of nitrogens with zero attached hydrogens (tertiary/aromatic N) is 6. The number of likely N-dealkylation sites (tertiary alicyclic amines) is 1. The zero-order valence-electron chi connectivity index (χ0n) is 17.5. The van der Waals surface area contributed by atoms with Crippen LogP contribution in [0.1, 0.15) is 30.5 Å². The van der Waals surface area contributed by atoms with Crippen LogP contribution in [0.5, 0.6) is 0 Å². The number of hydrogen-bond acceptors (Lipinski definition) is 8. The lowest BCUT2D eigenvalue weighted by atomic mass is 10.3. The first-order valence-electron chi connectivity index (χ1n) is 10.3. The summed E-state index contributed by atoms with van der Waals surface area (Å²) in [6, 6.07) is 5.05. The minimum atomic E-state index is -0.724. The molecule has 0 atom stereocenters. The lowest BCUT2D eigenvalue weighted by Crippen LogP contribution is -2.41. The van der Waals surface area contributed by atoms with E-state index in [1.54, 1.807) is 6.92 Å². The van der Waals surface area contributed by atoms with Crippen molar-refractivity contribution in [3.05, 3.63) is 56.8 Å². The van der Waals surface area contributed by atoms with Crippen LogP contribution in [0.4, 0.5) is 4.39 Å².